The molecule has 21 heavy (non-hydrogen) atoms. The zero-order valence-corrected chi connectivity index (χ0v) is 12.7. The number of amides is 1. The molecule has 1 aliphatic carbocycles. The van der Waals surface area contributed by atoms with Crippen LogP contribution in [0.25, 0.3) is 0 Å². The van der Waals surface area contributed by atoms with Crippen molar-refractivity contribution in [2.75, 3.05) is 37.5 Å². The van der Waals surface area contributed by atoms with Gasteiger partial charge < -0.3 is 20.3 Å². The minimum Gasteiger partial charge on any atom is -0.467 e. The van der Waals surface area contributed by atoms with Gasteiger partial charge in [0.2, 0.25) is 17.8 Å². The molecule has 1 saturated carbocycles. The fraction of sp³-hybridized carbons (Fsp3) is 0.692. The summed E-state index contributed by atoms with van der Waals surface area (Å²) < 4.78 is 5.08. The first-order chi connectivity index (χ1) is 10.1. The number of aromatic nitrogens is 3. The molecule has 8 nitrogen and oxygen atoms in total. The number of rotatable bonds is 8. The van der Waals surface area contributed by atoms with Gasteiger partial charge in [0, 0.05) is 19.6 Å². The number of ether oxygens (including phenoxy) is 1. The lowest BCUT2D eigenvalue weighted by molar-refractivity contribution is -0.119. The molecule has 2 N–H and O–H groups in total. The van der Waals surface area contributed by atoms with Crippen LogP contribution in [-0.2, 0) is 4.79 Å². The summed E-state index contributed by atoms with van der Waals surface area (Å²) in [5.41, 5.74) is 0. The highest BCUT2D eigenvalue weighted by Crippen LogP contribution is 2.18. The molecule has 0 spiro atoms. The largest absolute Gasteiger partial charge is 0.467 e. The Bertz CT molecular complexity index is 492. The van der Waals surface area contributed by atoms with Crippen LogP contribution in [0.4, 0.5) is 11.9 Å². The van der Waals surface area contributed by atoms with E-state index >= 15 is 0 Å². The SMILES string of the molecule is CCCNc1nc(OC)nc(N(C)CC(=O)NC2CC2)n1. The van der Waals surface area contributed by atoms with E-state index in [9.17, 15) is 4.79 Å². The van der Waals surface area contributed by atoms with Gasteiger partial charge in [-0.2, -0.15) is 15.0 Å². The molecule has 8 heteroatoms. The fourth-order valence-electron chi connectivity index (χ4n) is 1.71. The number of hydrogen-bond acceptors (Lipinski definition) is 7. The quantitative estimate of drug-likeness (QED) is 0.717. The van der Waals surface area contributed by atoms with Crippen LogP contribution in [0.2, 0.25) is 0 Å². The van der Waals surface area contributed by atoms with Gasteiger partial charge >= 0.3 is 6.01 Å². The van der Waals surface area contributed by atoms with E-state index in [1.54, 1.807) is 11.9 Å². The number of methoxy groups -OCH3 is 1. The summed E-state index contributed by atoms with van der Waals surface area (Å²) in [4.78, 5) is 26.1. The highest BCUT2D eigenvalue weighted by molar-refractivity contribution is 5.81. The Balaban J connectivity index is 2.02. The van der Waals surface area contributed by atoms with Crippen LogP contribution in [0.15, 0.2) is 0 Å². The first kappa shape index (κ1) is 15.3. The molecule has 1 aromatic heterocycles. The zero-order valence-electron chi connectivity index (χ0n) is 12.7. The Morgan fingerprint density at radius 1 is 1.38 bits per heavy atom. The number of nitrogens with one attached hydrogen (secondary N) is 2. The van der Waals surface area contributed by atoms with Crippen LogP contribution in [-0.4, -0.2) is 54.1 Å². The molecule has 1 aliphatic rings. The summed E-state index contributed by atoms with van der Waals surface area (Å²) in [5, 5.41) is 6.02. The van der Waals surface area contributed by atoms with Gasteiger partial charge in [0.05, 0.1) is 13.7 Å². The van der Waals surface area contributed by atoms with E-state index in [-0.39, 0.29) is 18.5 Å². The van der Waals surface area contributed by atoms with Crippen LogP contribution in [0.1, 0.15) is 26.2 Å². The van der Waals surface area contributed by atoms with Gasteiger partial charge in [-0.25, -0.2) is 0 Å². The molecule has 0 bridgehead atoms. The molecule has 2 rings (SSSR count). The Morgan fingerprint density at radius 2 is 2.14 bits per heavy atom. The lowest BCUT2D eigenvalue weighted by Gasteiger charge is -2.17. The van der Waals surface area contributed by atoms with Crippen LogP contribution >= 0.6 is 0 Å². The maximum Gasteiger partial charge on any atom is 0.322 e. The molecule has 1 aromatic rings. The van der Waals surface area contributed by atoms with E-state index < -0.39 is 0 Å². The first-order valence-corrected chi connectivity index (χ1v) is 7.16. The summed E-state index contributed by atoms with van der Waals surface area (Å²) in [6.45, 7) is 3.02. The van der Waals surface area contributed by atoms with E-state index in [0.29, 0.717) is 17.9 Å². The van der Waals surface area contributed by atoms with Gasteiger partial charge in [0.1, 0.15) is 0 Å². The van der Waals surface area contributed by atoms with E-state index in [1.165, 1.54) is 7.11 Å². The van der Waals surface area contributed by atoms with Crippen molar-refractivity contribution in [3.8, 4) is 6.01 Å². The van der Waals surface area contributed by atoms with Gasteiger partial charge in [-0.3, -0.25) is 4.79 Å². The van der Waals surface area contributed by atoms with Crippen molar-refractivity contribution in [1.82, 2.24) is 20.3 Å². The average Bonchev–Trinajstić information content (AvgIpc) is 3.28. The molecule has 1 amide bonds. The molecule has 0 aliphatic heterocycles. The van der Waals surface area contributed by atoms with Crippen molar-refractivity contribution < 1.29 is 9.53 Å². The van der Waals surface area contributed by atoms with Gasteiger partial charge in [-0.15, -0.1) is 0 Å². The summed E-state index contributed by atoms with van der Waals surface area (Å²) in [6, 6.07) is 0.577. The lowest BCUT2D eigenvalue weighted by Crippen LogP contribution is -2.37. The Labute approximate surface area is 124 Å². The van der Waals surface area contributed by atoms with Crippen molar-refractivity contribution in [3.05, 3.63) is 0 Å². The molecule has 0 atom stereocenters. The number of likely N-dealkylation sites (N-methyl/N-ethyl adjacent to an activating group) is 1. The summed E-state index contributed by atoms with van der Waals surface area (Å²) in [5.74, 6) is 0.835. The molecular weight excluding hydrogens is 272 g/mol. The second kappa shape index (κ2) is 7.05. The molecule has 0 radical (unpaired) electrons. The second-order valence-corrected chi connectivity index (χ2v) is 5.07. The van der Waals surface area contributed by atoms with E-state index in [4.69, 9.17) is 4.74 Å². The third kappa shape index (κ3) is 4.73. The minimum atomic E-state index is -0.0255. The van der Waals surface area contributed by atoms with Crippen molar-refractivity contribution in [2.24, 2.45) is 0 Å². The Kier molecular flexibility index (Phi) is 5.13. The first-order valence-electron chi connectivity index (χ1n) is 7.16. The van der Waals surface area contributed by atoms with Crippen LogP contribution in [0.5, 0.6) is 6.01 Å². The molecule has 116 valence electrons. The topological polar surface area (TPSA) is 92.3 Å². The maximum atomic E-state index is 11.8. The monoisotopic (exact) mass is 294 g/mol. The number of nitrogens with zero attached hydrogens (tertiary/aromatic N) is 4. The van der Waals surface area contributed by atoms with Crippen LogP contribution in [0, 0.1) is 0 Å². The molecular formula is C13H22N6O2. The van der Waals surface area contributed by atoms with Gasteiger partial charge in [-0.1, -0.05) is 6.92 Å². The average molecular weight is 294 g/mol. The van der Waals surface area contributed by atoms with Crippen LogP contribution < -0.4 is 20.3 Å². The zero-order chi connectivity index (χ0) is 15.2. The summed E-state index contributed by atoms with van der Waals surface area (Å²) >= 11 is 0. The molecule has 0 saturated heterocycles. The van der Waals surface area contributed by atoms with Gasteiger partial charge in [0.15, 0.2) is 0 Å². The van der Waals surface area contributed by atoms with Crippen molar-refractivity contribution in [3.63, 3.8) is 0 Å². The predicted octanol–water partition coefficient (Wildman–Crippen LogP) is 0.417. The highest BCUT2D eigenvalue weighted by atomic mass is 16.5. The van der Waals surface area contributed by atoms with Crippen molar-refractivity contribution in [1.29, 1.82) is 0 Å². The molecule has 0 aromatic carbocycles. The predicted molar refractivity (Wildman–Crippen MR) is 79.6 cm³/mol. The third-order valence-corrected chi connectivity index (χ3v) is 2.98. The summed E-state index contributed by atoms with van der Waals surface area (Å²) in [6.07, 6.45) is 3.10. The lowest BCUT2D eigenvalue weighted by atomic mass is 10.5. The number of carbonyl (C=O) groups excluding carboxylic acids is 1. The molecule has 0 unspecified atom stereocenters. The Morgan fingerprint density at radius 3 is 2.76 bits per heavy atom. The second-order valence-electron chi connectivity index (χ2n) is 5.07. The molecule has 1 heterocycles. The number of carbonyl (C=O) groups is 1. The Hall–Kier alpha value is -2.12. The highest BCUT2D eigenvalue weighted by Gasteiger charge is 2.24. The van der Waals surface area contributed by atoms with Gasteiger partial charge in [0.25, 0.3) is 0 Å². The number of hydrogen-bond donors (Lipinski definition) is 2. The van der Waals surface area contributed by atoms with Crippen LogP contribution in [0.3, 0.4) is 0 Å². The smallest absolute Gasteiger partial charge is 0.322 e. The third-order valence-electron chi connectivity index (χ3n) is 2.98. The molecule has 1 fully saturated rings. The van der Waals surface area contributed by atoms with E-state index in [2.05, 4.69) is 32.5 Å². The minimum absolute atomic E-state index is 0.0255. The van der Waals surface area contributed by atoms with Gasteiger partial charge in [-0.05, 0) is 19.3 Å². The van der Waals surface area contributed by atoms with Crippen molar-refractivity contribution >= 4 is 17.8 Å². The standard InChI is InChI=1S/C13H22N6O2/c1-4-7-14-11-16-12(18-13(17-11)21-3)19(2)8-10(20)15-9-5-6-9/h9H,4-8H2,1-3H3,(H,15,20)(H,14,16,17,18). The van der Waals surface area contributed by atoms with Crippen molar-refractivity contribution in [2.45, 2.75) is 32.2 Å². The van der Waals surface area contributed by atoms with E-state index in [0.717, 1.165) is 25.8 Å². The summed E-state index contributed by atoms with van der Waals surface area (Å²) in [7, 11) is 3.27. The fourth-order valence-corrected chi connectivity index (χ4v) is 1.71. The number of anilines is 2. The van der Waals surface area contributed by atoms with E-state index in [1.807, 2.05) is 0 Å². The maximum absolute atomic E-state index is 11.8. The normalized spacial score (nSPS) is 13.7.